The van der Waals surface area contributed by atoms with Crippen LogP contribution in [0.2, 0.25) is 0 Å². The Kier molecular flexibility index (Phi) is 6.61. The Morgan fingerprint density at radius 3 is 2.16 bits per heavy atom. The third kappa shape index (κ3) is 4.65. The first-order chi connectivity index (χ1) is 17.8. The number of fused-ring (bicyclic) bond motifs is 2. The van der Waals surface area contributed by atoms with Gasteiger partial charge in [-0.2, -0.15) is 8.42 Å². The first-order valence-corrected chi connectivity index (χ1v) is 13.4. The highest BCUT2D eigenvalue weighted by Gasteiger charge is 2.38. The summed E-state index contributed by atoms with van der Waals surface area (Å²) in [6.07, 6.45) is 4.76. The fraction of sp³-hybridized carbons (Fsp3) is 0.259. The first kappa shape index (κ1) is 24.8. The van der Waals surface area contributed by atoms with Gasteiger partial charge in [0, 0.05) is 22.9 Å². The van der Waals surface area contributed by atoms with Crippen LogP contribution in [-0.4, -0.2) is 37.7 Å². The second-order valence-electron chi connectivity index (χ2n) is 9.05. The maximum Gasteiger partial charge on any atom is 0.296 e. The molecular formula is C27H25N3O6S. The number of nitrogens with one attached hydrogen (secondary N) is 1. The summed E-state index contributed by atoms with van der Waals surface area (Å²) in [5.74, 6) is -0.632. The molecule has 0 unspecified atom stereocenters. The zero-order valence-corrected chi connectivity index (χ0v) is 20.9. The van der Waals surface area contributed by atoms with Gasteiger partial charge >= 0.3 is 0 Å². The van der Waals surface area contributed by atoms with E-state index in [1.165, 1.54) is 19.2 Å². The van der Waals surface area contributed by atoms with Gasteiger partial charge in [0.1, 0.15) is 22.0 Å². The number of hydrogen-bond donors (Lipinski definition) is 2. The smallest absolute Gasteiger partial charge is 0.296 e. The molecule has 0 aliphatic heterocycles. The Bertz CT molecular complexity index is 1540. The molecule has 37 heavy (non-hydrogen) atoms. The average molecular weight is 520 g/mol. The number of carbonyl (C=O) groups excluding carboxylic acids is 2. The monoisotopic (exact) mass is 519 g/mol. The highest BCUT2D eigenvalue weighted by molar-refractivity contribution is 7.86. The quantitative estimate of drug-likeness (QED) is 0.240. The zero-order chi connectivity index (χ0) is 26.2. The number of methoxy groups -OCH3 is 1. The number of carbonyl (C=O) groups is 2. The fourth-order valence-corrected chi connectivity index (χ4v) is 5.60. The van der Waals surface area contributed by atoms with Crippen LogP contribution in [0.25, 0.3) is 0 Å². The Morgan fingerprint density at radius 1 is 0.892 bits per heavy atom. The minimum absolute atomic E-state index is 0.00627. The highest BCUT2D eigenvalue weighted by Crippen LogP contribution is 2.43. The summed E-state index contributed by atoms with van der Waals surface area (Å²) in [5, 5.41) is 11.5. The summed E-state index contributed by atoms with van der Waals surface area (Å²) < 4.78 is 40.6. The van der Waals surface area contributed by atoms with Crippen LogP contribution >= 0.6 is 0 Å². The highest BCUT2D eigenvalue weighted by atomic mass is 32.2. The van der Waals surface area contributed by atoms with Gasteiger partial charge in [0.25, 0.3) is 10.1 Å². The fourth-order valence-electron chi connectivity index (χ4n) is 4.95. The standard InChI is InChI=1S/C27H25N3O6S/c1-36-21-14-8-7-13-19(21)29-30-25-22(37(33,34)35)15-20(28-16-9-3-2-4-10-16)23-24(25)27(32)18-12-6-5-11-17(18)26(23)31/h5-8,11-16,28H,2-4,9-10H2,1H3,(H,33,34,35). The Balaban J connectivity index is 1.77. The van der Waals surface area contributed by atoms with E-state index in [1.807, 2.05) is 0 Å². The molecule has 0 amide bonds. The molecule has 190 valence electrons. The van der Waals surface area contributed by atoms with Gasteiger partial charge in [-0.3, -0.25) is 14.1 Å². The van der Waals surface area contributed by atoms with Crippen molar-refractivity contribution in [2.45, 2.75) is 43.0 Å². The van der Waals surface area contributed by atoms with Crippen LogP contribution in [0.1, 0.15) is 63.9 Å². The lowest BCUT2D eigenvalue weighted by atomic mass is 9.82. The lowest BCUT2D eigenvalue weighted by molar-refractivity contribution is 0.0980. The number of azo groups is 1. The second kappa shape index (κ2) is 9.87. The predicted molar refractivity (Wildman–Crippen MR) is 137 cm³/mol. The van der Waals surface area contributed by atoms with Crippen LogP contribution in [0.15, 0.2) is 69.7 Å². The number of rotatable bonds is 6. The zero-order valence-electron chi connectivity index (χ0n) is 20.1. The normalized spacial score (nSPS) is 15.9. The van der Waals surface area contributed by atoms with Crippen LogP contribution in [0.5, 0.6) is 5.75 Å². The SMILES string of the molecule is COc1ccccc1N=Nc1c(S(=O)(=O)O)cc(NC2CCCCC2)c2c1C(=O)c1ccccc1C2=O. The van der Waals surface area contributed by atoms with Crippen LogP contribution in [0.3, 0.4) is 0 Å². The van der Waals surface area contributed by atoms with Crippen LogP contribution in [0, 0.1) is 0 Å². The van der Waals surface area contributed by atoms with E-state index in [0.717, 1.165) is 32.1 Å². The Labute approximate surface area is 214 Å². The molecule has 0 radical (unpaired) electrons. The maximum atomic E-state index is 13.7. The number of ether oxygens (including phenoxy) is 1. The van der Waals surface area contributed by atoms with Gasteiger partial charge in [0.15, 0.2) is 11.6 Å². The summed E-state index contributed by atoms with van der Waals surface area (Å²) in [6, 6.07) is 14.2. The summed E-state index contributed by atoms with van der Waals surface area (Å²) in [4.78, 5) is 26.8. The lowest BCUT2D eigenvalue weighted by Crippen LogP contribution is -2.27. The molecule has 10 heteroatoms. The van der Waals surface area contributed by atoms with Crippen molar-refractivity contribution >= 4 is 38.7 Å². The summed E-state index contributed by atoms with van der Waals surface area (Å²) in [7, 11) is -3.41. The molecule has 0 aromatic heterocycles. The van der Waals surface area contributed by atoms with Crippen LogP contribution in [-0.2, 0) is 10.1 Å². The summed E-state index contributed by atoms with van der Waals surface area (Å²) >= 11 is 0. The summed E-state index contributed by atoms with van der Waals surface area (Å²) in [5.41, 5.74) is 0.221. The number of nitrogens with zero attached hydrogens (tertiary/aromatic N) is 2. The van der Waals surface area contributed by atoms with E-state index in [4.69, 9.17) is 4.74 Å². The minimum atomic E-state index is -4.86. The molecule has 0 saturated heterocycles. The van der Waals surface area contributed by atoms with Crippen LogP contribution in [0.4, 0.5) is 17.1 Å². The van der Waals surface area contributed by atoms with E-state index in [9.17, 15) is 22.6 Å². The van der Waals surface area contributed by atoms with Gasteiger partial charge < -0.3 is 10.1 Å². The largest absolute Gasteiger partial charge is 0.494 e. The molecule has 2 N–H and O–H groups in total. The lowest BCUT2D eigenvalue weighted by Gasteiger charge is -2.28. The van der Waals surface area contributed by atoms with Gasteiger partial charge in [0.2, 0.25) is 0 Å². The second-order valence-corrected chi connectivity index (χ2v) is 10.4. The van der Waals surface area contributed by atoms with Crippen molar-refractivity contribution in [3.05, 3.63) is 76.9 Å². The van der Waals surface area contributed by atoms with Gasteiger partial charge in [-0.25, -0.2) is 0 Å². The molecule has 2 aliphatic rings. The van der Waals surface area contributed by atoms with Crippen molar-refractivity contribution < 1.29 is 27.3 Å². The van der Waals surface area contributed by atoms with E-state index in [1.54, 1.807) is 42.5 Å². The maximum absolute atomic E-state index is 13.7. The molecule has 3 aromatic carbocycles. The number of para-hydroxylation sites is 1. The Morgan fingerprint density at radius 2 is 1.51 bits per heavy atom. The molecule has 9 nitrogen and oxygen atoms in total. The molecule has 0 atom stereocenters. The number of anilines is 1. The minimum Gasteiger partial charge on any atom is -0.494 e. The van der Waals surface area contributed by atoms with E-state index in [2.05, 4.69) is 15.5 Å². The topological polar surface area (TPSA) is 134 Å². The third-order valence-electron chi connectivity index (χ3n) is 6.72. The van der Waals surface area contributed by atoms with E-state index in [0.29, 0.717) is 5.75 Å². The third-order valence-corrected chi connectivity index (χ3v) is 7.59. The first-order valence-electron chi connectivity index (χ1n) is 12.0. The molecule has 1 saturated carbocycles. The molecule has 3 aromatic rings. The van der Waals surface area contributed by atoms with Crippen LogP contribution < -0.4 is 10.1 Å². The van der Waals surface area contributed by atoms with Crippen molar-refractivity contribution in [2.24, 2.45) is 10.2 Å². The molecule has 0 spiro atoms. The number of ketones is 2. The summed E-state index contributed by atoms with van der Waals surface area (Å²) in [6.45, 7) is 0. The van der Waals surface area contributed by atoms with Gasteiger partial charge in [-0.15, -0.1) is 10.2 Å². The molecule has 2 aliphatic carbocycles. The average Bonchev–Trinajstić information content (AvgIpc) is 2.90. The van der Waals surface area contributed by atoms with Crippen molar-refractivity contribution in [2.75, 3.05) is 12.4 Å². The van der Waals surface area contributed by atoms with Gasteiger partial charge in [-0.05, 0) is 31.0 Å². The molecular weight excluding hydrogens is 494 g/mol. The van der Waals surface area contributed by atoms with E-state index in [-0.39, 0.29) is 39.7 Å². The molecule has 0 heterocycles. The van der Waals surface area contributed by atoms with Crippen molar-refractivity contribution in [1.29, 1.82) is 0 Å². The number of benzene rings is 3. The van der Waals surface area contributed by atoms with Crippen molar-refractivity contribution in [1.82, 2.24) is 0 Å². The van der Waals surface area contributed by atoms with E-state index < -0.39 is 32.3 Å². The molecule has 1 fully saturated rings. The molecule has 5 rings (SSSR count). The number of hydrogen-bond acceptors (Lipinski definition) is 8. The van der Waals surface area contributed by atoms with Gasteiger partial charge in [0.05, 0.1) is 18.2 Å². The van der Waals surface area contributed by atoms with Gasteiger partial charge in [-0.1, -0.05) is 55.7 Å². The Hall–Kier alpha value is -3.89. The van der Waals surface area contributed by atoms with E-state index >= 15 is 0 Å². The molecule has 0 bridgehead atoms. The van der Waals surface area contributed by atoms with Crippen molar-refractivity contribution in [3.8, 4) is 5.75 Å². The predicted octanol–water partition coefficient (Wildman–Crippen LogP) is 5.88. The van der Waals surface area contributed by atoms with Crippen molar-refractivity contribution in [3.63, 3.8) is 0 Å².